The number of benzene rings is 1. The molecule has 3 atom stereocenters. The van der Waals surface area contributed by atoms with Gasteiger partial charge in [-0.3, -0.25) is 9.20 Å². The summed E-state index contributed by atoms with van der Waals surface area (Å²) in [5.74, 6) is 1.20. The van der Waals surface area contributed by atoms with Gasteiger partial charge in [0.1, 0.15) is 5.82 Å². The molecule has 3 unspecified atom stereocenters. The average Bonchev–Trinajstić information content (AvgIpc) is 2.58. The van der Waals surface area contributed by atoms with E-state index in [9.17, 15) is 8.60 Å². The lowest BCUT2D eigenvalue weighted by Crippen LogP contribution is -2.46. The predicted molar refractivity (Wildman–Crippen MR) is 94.5 cm³/mol. The second kappa shape index (κ2) is 9.01. The summed E-state index contributed by atoms with van der Waals surface area (Å²) in [6.45, 7) is 2.50. The zero-order valence-electron chi connectivity index (χ0n) is 13.8. The van der Waals surface area contributed by atoms with Crippen LogP contribution >= 0.6 is 0 Å². The Balaban J connectivity index is 1.85. The summed E-state index contributed by atoms with van der Waals surface area (Å²) < 4.78 is 25.2. The minimum atomic E-state index is -0.729. The van der Waals surface area contributed by atoms with Gasteiger partial charge in [-0.15, -0.1) is 0 Å². The van der Waals surface area contributed by atoms with E-state index in [-0.39, 0.29) is 11.1 Å². The molecule has 0 saturated heterocycles. The Labute approximate surface area is 140 Å². The van der Waals surface area contributed by atoms with E-state index in [0.717, 1.165) is 37.0 Å². The summed E-state index contributed by atoms with van der Waals surface area (Å²) in [5, 5.41) is 6.91. The van der Waals surface area contributed by atoms with Crippen molar-refractivity contribution in [2.24, 2.45) is 4.99 Å². The fraction of sp³-hybridized carbons (Fsp3) is 0.588. The molecule has 1 aliphatic carbocycles. The van der Waals surface area contributed by atoms with Crippen molar-refractivity contribution in [2.75, 3.05) is 12.8 Å². The largest absolute Gasteiger partial charge is 0.354 e. The van der Waals surface area contributed by atoms with Gasteiger partial charge < -0.3 is 10.6 Å². The summed E-state index contributed by atoms with van der Waals surface area (Å²) in [7, 11) is 0.999. The highest BCUT2D eigenvalue weighted by Gasteiger charge is 2.25. The second-order valence-corrected chi connectivity index (χ2v) is 7.86. The van der Waals surface area contributed by atoms with E-state index < -0.39 is 10.8 Å². The lowest BCUT2D eigenvalue weighted by atomic mass is 9.95. The fourth-order valence-electron chi connectivity index (χ4n) is 2.97. The first kappa shape index (κ1) is 17.9. The van der Waals surface area contributed by atoms with Gasteiger partial charge >= 0.3 is 0 Å². The third-order valence-corrected chi connectivity index (χ3v) is 5.94. The zero-order chi connectivity index (χ0) is 16.7. The highest BCUT2D eigenvalue weighted by atomic mass is 32.2. The van der Waals surface area contributed by atoms with Crippen LogP contribution < -0.4 is 10.6 Å². The van der Waals surface area contributed by atoms with E-state index in [1.165, 1.54) is 12.1 Å². The molecule has 4 nitrogen and oxygen atoms in total. The standard InChI is InChI=1S/C17H26FN3OS/c1-3-23(22)16-9-5-8-15(11-16)21-17(19-2)20-12-13-6-4-7-14(18)10-13/h4,6-7,10,15-16H,3,5,8-9,11-12H2,1-2H3,(H2,19,20,21). The number of nitrogens with zero attached hydrogens (tertiary/aromatic N) is 1. The van der Waals surface area contributed by atoms with Crippen LogP contribution in [0.4, 0.5) is 4.39 Å². The van der Waals surface area contributed by atoms with E-state index in [1.807, 2.05) is 13.0 Å². The van der Waals surface area contributed by atoms with Crippen molar-refractivity contribution in [3.05, 3.63) is 35.6 Å². The van der Waals surface area contributed by atoms with Gasteiger partial charge in [0, 0.05) is 41.4 Å². The van der Waals surface area contributed by atoms with Gasteiger partial charge in [0.05, 0.1) is 0 Å². The molecule has 23 heavy (non-hydrogen) atoms. The normalized spacial score (nSPS) is 23.3. The van der Waals surface area contributed by atoms with E-state index in [1.54, 1.807) is 13.1 Å². The van der Waals surface area contributed by atoms with E-state index in [4.69, 9.17) is 0 Å². The maximum Gasteiger partial charge on any atom is 0.191 e. The minimum absolute atomic E-state index is 0.232. The molecule has 1 fully saturated rings. The van der Waals surface area contributed by atoms with Crippen LogP contribution in [0, 0.1) is 5.82 Å². The first-order chi connectivity index (χ1) is 11.1. The Kier molecular flexibility index (Phi) is 7.02. The summed E-state index contributed by atoms with van der Waals surface area (Å²) >= 11 is 0. The Morgan fingerprint density at radius 3 is 2.96 bits per heavy atom. The summed E-state index contributed by atoms with van der Waals surface area (Å²) in [5.41, 5.74) is 0.876. The van der Waals surface area contributed by atoms with Crippen molar-refractivity contribution < 1.29 is 8.60 Å². The number of guanidine groups is 1. The van der Waals surface area contributed by atoms with Crippen molar-refractivity contribution >= 4 is 16.8 Å². The molecule has 6 heteroatoms. The maximum absolute atomic E-state index is 13.2. The highest BCUT2D eigenvalue weighted by molar-refractivity contribution is 7.85. The molecule has 0 aromatic heterocycles. The number of nitrogens with one attached hydrogen (secondary N) is 2. The lowest BCUT2D eigenvalue weighted by Gasteiger charge is -2.30. The molecule has 1 aromatic rings. The quantitative estimate of drug-likeness (QED) is 0.640. The SMILES string of the molecule is CCS(=O)C1CCCC(NC(=NC)NCc2cccc(F)c2)C1. The molecule has 2 rings (SSSR count). The number of rotatable bonds is 5. The lowest BCUT2D eigenvalue weighted by molar-refractivity contribution is 0.413. The number of hydrogen-bond donors (Lipinski definition) is 2. The van der Waals surface area contributed by atoms with Crippen LogP contribution in [0.5, 0.6) is 0 Å². The van der Waals surface area contributed by atoms with E-state index >= 15 is 0 Å². The van der Waals surface area contributed by atoms with Crippen molar-refractivity contribution in [1.82, 2.24) is 10.6 Å². The smallest absolute Gasteiger partial charge is 0.191 e. The molecule has 0 spiro atoms. The average molecular weight is 339 g/mol. The third kappa shape index (κ3) is 5.61. The van der Waals surface area contributed by atoms with Crippen LogP contribution in [0.15, 0.2) is 29.3 Å². The molecule has 0 radical (unpaired) electrons. The van der Waals surface area contributed by atoms with Crippen LogP contribution in [0.3, 0.4) is 0 Å². The Morgan fingerprint density at radius 2 is 2.26 bits per heavy atom. The van der Waals surface area contributed by atoms with Crippen LogP contribution in [0.25, 0.3) is 0 Å². The van der Waals surface area contributed by atoms with Crippen LogP contribution in [0.1, 0.15) is 38.2 Å². The Bertz CT molecular complexity index is 565. The first-order valence-electron chi connectivity index (χ1n) is 8.21. The van der Waals surface area contributed by atoms with Gasteiger partial charge in [0.25, 0.3) is 0 Å². The maximum atomic E-state index is 13.2. The first-order valence-corrected chi connectivity index (χ1v) is 9.59. The van der Waals surface area contributed by atoms with Crippen LogP contribution in [-0.4, -0.2) is 34.3 Å². The van der Waals surface area contributed by atoms with E-state index in [2.05, 4.69) is 15.6 Å². The van der Waals surface area contributed by atoms with Gasteiger partial charge in [-0.2, -0.15) is 0 Å². The van der Waals surface area contributed by atoms with Crippen LogP contribution in [0.2, 0.25) is 0 Å². The molecule has 1 saturated carbocycles. The molecule has 1 aromatic carbocycles. The Hall–Kier alpha value is -1.43. The molecule has 1 aliphatic rings. The molecule has 0 aliphatic heterocycles. The number of aliphatic imine (C=N–C) groups is 1. The van der Waals surface area contributed by atoms with Crippen molar-refractivity contribution in [3.63, 3.8) is 0 Å². The zero-order valence-corrected chi connectivity index (χ0v) is 14.7. The van der Waals surface area contributed by atoms with Crippen molar-refractivity contribution in [3.8, 4) is 0 Å². The molecule has 128 valence electrons. The summed E-state index contributed by atoms with van der Waals surface area (Å²) in [6, 6.07) is 6.83. The summed E-state index contributed by atoms with van der Waals surface area (Å²) in [4.78, 5) is 4.23. The Morgan fingerprint density at radius 1 is 1.43 bits per heavy atom. The molecular formula is C17H26FN3OS. The topological polar surface area (TPSA) is 53.5 Å². The van der Waals surface area contributed by atoms with E-state index in [0.29, 0.717) is 18.5 Å². The van der Waals surface area contributed by atoms with Gasteiger partial charge in [-0.05, 0) is 37.0 Å². The molecule has 2 N–H and O–H groups in total. The minimum Gasteiger partial charge on any atom is -0.354 e. The highest BCUT2D eigenvalue weighted by Crippen LogP contribution is 2.22. The molecule has 0 amide bonds. The van der Waals surface area contributed by atoms with Gasteiger partial charge in [-0.1, -0.05) is 25.5 Å². The fourth-order valence-corrected chi connectivity index (χ4v) is 4.32. The van der Waals surface area contributed by atoms with Gasteiger partial charge in [0.15, 0.2) is 5.96 Å². The molecule has 0 bridgehead atoms. The van der Waals surface area contributed by atoms with Gasteiger partial charge in [0.2, 0.25) is 0 Å². The van der Waals surface area contributed by atoms with Crippen molar-refractivity contribution in [1.29, 1.82) is 0 Å². The molecule has 0 heterocycles. The van der Waals surface area contributed by atoms with Gasteiger partial charge in [-0.25, -0.2) is 4.39 Å². The third-order valence-electron chi connectivity index (χ3n) is 4.20. The summed E-state index contributed by atoms with van der Waals surface area (Å²) in [6.07, 6.45) is 4.13. The molecular weight excluding hydrogens is 313 g/mol. The number of hydrogen-bond acceptors (Lipinski definition) is 2. The number of halogens is 1. The monoisotopic (exact) mass is 339 g/mol. The van der Waals surface area contributed by atoms with Crippen LogP contribution in [-0.2, 0) is 17.3 Å². The predicted octanol–water partition coefficient (Wildman–Crippen LogP) is 2.57. The van der Waals surface area contributed by atoms with Crippen molar-refractivity contribution in [2.45, 2.75) is 50.4 Å². The second-order valence-electron chi connectivity index (χ2n) is 5.85.